The first-order chi connectivity index (χ1) is 13.5. The van der Waals surface area contributed by atoms with Crippen LogP contribution in [0.1, 0.15) is 27.2 Å². The van der Waals surface area contributed by atoms with Gasteiger partial charge in [-0.25, -0.2) is 0 Å². The van der Waals surface area contributed by atoms with Crippen LogP contribution in [0.15, 0.2) is 71.3 Å². The molecule has 0 radical (unpaired) electrons. The van der Waals surface area contributed by atoms with Gasteiger partial charge < -0.3 is 13.9 Å². The standard InChI is InChI=1S/C23H21ClN2O2/c1-16-5-3-4-6-18(16)15-26-20-11-12-28-22(20)13-21(26)23(27)25(2)14-17-7-9-19(24)10-8-17/h3-13H,14-15H2,1-2H3. The minimum absolute atomic E-state index is 0.0464. The summed E-state index contributed by atoms with van der Waals surface area (Å²) in [6.45, 7) is 3.21. The number of amides is 1. The highest BCUT2D eigenvalue weighted by atomic mass is 35.5. The number of carbonyl (C=O) groups excluding carboxylic acids is 1. The molecule has 0 saturated carbocycles. The lowest BCUT2D eigenvalue weighted by Gasteiger charge is -2.19. The minimum Gasteiger partial charge on any atom is -0.463 e. The third-order valence-corrected chi connectivity index (χ3v) is 5.26. The summed E-state index contributed by atoms with van der Waals surface area (Å²) in [7, 11) is 1.81. The minimum atomic E-state index is -0.0464. The van der Waals surface area contributed by atoms with Gasteiger partial charge >= 0.3 is 0 Å². The van der Waals surface area contributed by atoms with Crippen molar-refractivity contribution in [1.82, 2.24) is 9.47 Å². The van der Waals surface area contributed by atoms with Crippen LogP contribution < -0.4 is 0 Å². The van der Waals surface area contributed by atoms with E-state index in [9.17, 15) is 4.79 Å². The zero-order valence-electron chi connectivity index (χ0n) is 15.9. The Balaban J connectivity index is 1.65. The van der Waals surface area contributed by atoms with Crippen molar-refractivity contribution in [2.75, 3.05) is 7.05 Å². The Morgan fingerprint density at radius 3 is 2.61 bits per heavy atom. The summed E-state index contributed by atoms with van der Waals surface area (Å²) in [6.07, 6.45) is 1.66. The molecule has 1 amide bonds. The largest absolute Gasteiger partial charge is 0.463 e. The Labute approximate surface area is 168 Å². The lowest BCUT2D eigenvalue weighted by Crippen LogP contribution is -2.28. The topological polar surface area (TPSA) is 38.4 Å². The lowest BCUT2D eigenvalue weighted by atomic mass is 10.1. The number of hydrogen-bond donors (Lipinski definition) is 0. The molecule has 0 aliphatic heterocycles. The van der Waals surface area contributed by atoms with Crippen molar-refractivity contribution in [3.8, 4) is 0 Å². The average molecular weight is 393 g/mol. The fourth-order valence-corrected chi connectivity index (χ4v) is 3.54. The molecule has 0 saturated heterocycles. The molecule has 4 rings (SSSR count). The molecule has 2 aromatic heterocycles. The van der Waals surface area contributed by atoms with Crippen molar-refractivity contribution in [3.05, 3.63) is 94.3 Å². The fraction of sp³-hybridized carbons (Fsp3) is 0.174. The van der Waals surface area contributed by atoms with Gasteiger partial charge in [-0.1, -0.05) is 48.0 Å². The van der Waals surface area contributed by atoms with Crippen molar-refractivity contribution in [3.63, 3.8) is 0 Å². The first kappa shape index (κ1) is 18.4. The zero-order valence-corrected chi connectivity index (χ0v) is 16.6. The van der Waals surface area contributed by atoms with Crippen LogP contribution in [0.3, 0.4) is 0 Å². The second-order valence-electron chi connectivity index (χ2n) is 7.00. The van der Waals surface area contributed by atoms with Gasteiger partial charge in [0.1, 0.15) is 5.69 Å². The quantitative estimate of drug-likeness (QED) is 0.448. The van der Waals surface area contributed by atoms with Crippen molar-refractivity contribution in [2.24, 2.45) is 0 Å². The Morgan fingerprint density at radius 2 is 1.86 bits per heavy atom. The van der Waals surface area contributed by atoms with Gasteiger partial charge in [-0.2, -0.15) is 0 Å². The number of nitrogens with zero attached hydrogens (tertiary/aromatic N) is 2. The number of hydrogen-bond acceptors (Lipinski definition) is 2. The Hall–Kier alpha value is -2.98. The number of halogens is 1. The maximum absolute atomic E-state index is 13.2. The van der Waals surface area contributed by atoms with E-state index in [2.05, 4.69) is 19.1 Å². The molecule has 5 heteroatoms. The van der Waals surface area contributed by atoms with Crippen LogP contribution in [0, 0.1) is 6.92 Å². The first-order valence-corrected chi connectivity index (χ1v) is 9.52. The van der Waals surface area contributed by atoms with E-state index in [-0.39, 0.29) is 5.91 Å². The van der Waals surface area contributed by atoms with Crippen LogP contribution in [0.25, 0.3) is 11.1 Å². The molecule has 0 fully saturated rings. The lowest BCUT2D eigenvalue weighted by molar-refractivity contribution is 0.0775. The number of carbonyl (C=O) groups is 1. The summed E-state index contributed by atoms with van der Waals surface area (Å²) in [5, 5.41) is 0.685. The third-order valence-electron chi connectivity index (χ3n) is 5.01. The molecule has 0 N–H and O–H groups in total. The number of rotatable bonds is 5. The van der Waals surface area contributed by atoms with E-state index in [1.165, 1.54) is 11.1 Å². The summed E-state index contributed by atoms with van der Waals surface area (Å²) in [5.74, 6) is -0.0464. The van der Waals surface area contributed by atoms with Crippen molar-refractivity contribution in [2.45, 2.75) is 20.0 Å². The van der Waals surface area contributed by atoms with Crippen molar-refractivity contribution >= 4 is 28.6 Å². The third kappa shape index (κ3) is 3.56. The van der Waals surface area contributed by atoms with E-state index in [1.807, 2.05) is 60.1 Å². The summed E-state index contributed by atoms with van der Waals surface area (Å²) >= 11 is 5.96. The highest BCUT2D eigenvalue weighted by Crippen LogP contribution is 2.24. The molecule has 0 aliphatic carbocycles. The molecule has 0 aliphatic rings. The van der Waals surface area contributed by atoms with Gasteiger partial charge in [0, 0.05) is 37.3 Å². The maximum Gasteiger partial charge on any atom is 0.270 e. The van der Waals surface area contributed by atoms with Gasteiger partial charge in [-0.3, -0.25) is 4.79 Å². The summed E-state index contributed by atoms with van der Waals surface area (Å²) in [4.78, 5) is 14.9. The number of aryl methyl sites for hydroxylation is 1. The molecule has 2 aromatic carbocycles. The van der Waals surface area contributed by atoms with E-state index in [0.29, 0.717) is 23.8 Å². The van der Waals surface area contributed by atoms with E-state index >= 15 is 0 Å². The molecule has 0 spiro atoms. The van der Waals surface area contributed by atoms with Crippen LogP contribution in [-0.4, -0.2) is 22.4 Å². The van der Waals surface area contributed by atoms with Gasteiger partial charge in [-0.05, 0) is 35.7 Å². The zero-order chi connectivity index (χ0) is 19.7. The molecular weight excluding hydrogens is 372 g/mol. The molecular formula is C23H21ClN2O2. The van der Waals surface area contributed by atoms with Crippen LogP contribution in [-0.2, 0) is 13.1 Å². The van der Waals surface area contributed by atoms with E-state index in [0.717, 1.165) is 16.7 Å². The van der Waals surface area contributed by atoms with Crippen LogP contribution in [0.4, 0.5) is 0 Å². The molecule has 0 bridgehead atoms. The molecule has 4 aromatic rings. The van der Waals surface area contributed by atoms with E-state index < -0.39 is 0 Å². The van der Waals surface area contributed by atoms with E-state index in [4.69, 9.17) is 16.0 Å². The number of furan rings is 1. The van der Waals surface area contributed by atoms with Crippen molar-refractivity contribution < 1.29 is 9.21 Å². The average Bonchev–Trinajstić information content (AvgIpc) is 3.27. The monoisotopic (exact) mass is 392 g/mol. The summed E-state index contributed by atoms with van der Waals surface area (Å²) in [5.41, 5.74) is 5.66. The molecule has 0 atom stereocenters. The number of benzene rings is 2. The summed E-state index contributed by atoms with van der Waals surface area (Å²) in [6, 6.07) is 19.5. The molecule has 4 nitrogen and oxygen atoms in total. The molecule has 2 heterocycles. The first-order valence-electron chi connectivity index (χ1n) is 9.14. The predicted molar refractivity (Wildman–Crippen MR) is 112 cm³/mol. The molecule has 0 unspecified atom stereocenters. The Morgan fingerprint density at radius 1 is 1.11 bits per heavy atom. The normalized spacial score (nSPS) is 11.1. The number of aromatic nitrogens is 1. The maximum atomic E-state index is 13.2. The smallest absolute Gasteiger partial charge is 0.270 e. The van der Waals surface area contributed by atoms with Crippen LogP contribution >= 0.6 is 11.6 Å². The summed E-state index contributed by atoms with van der Waals surface area (Å²) < 4.78 is 7.59. The van der Waals surface area contributed by atoms with Gasteiger partial charge in [0.25, 0.3) is 5.91 Å². The van der Waals surface area contributed by atoms with Gasteiger partial charge in [0.2, 0.25) is 0 Å². The van der Waals surface area contributed by atoms with Crippen LogP contribution in [0.2, 0.25) is 5.02 Å². The highest BCUT2D eigenvalue weighted by Gasteiger charge is 2.21. The molecule has 28 heavy (non-hydrogen) atoms. The van der Waals surface area contributed by atoms with Gasteiger partial charge in [0.15, 0.2) is 5.58 Å². The second-order valence-corrected chi connectivity index (χ2v) is 7.44. The molecule has 142 valence electrons. The van der Waals surface area contributed by atoms with Crippen molar-refractivity contribution in [1.29, 1.82) is 0 Å². The fourth-order valence-electron chi connectivity index (χ4n) is 3.41. The Kier molecular flexibility index (Phi) is 4.97. The predicted octanol–water partition coefficient (Wildman–Crippen LogP) is 5.52. The van der Waals surface area contributed by atoms with Gasteiger partial charge in [0.05, 0.1) is 11.8 Å². The Bertz CT molecular complexity index is 1130. The van der Waals surface area contributed by atoms with E-state index in [1.54, 1.807) is 11.2 Å². The van der Waals surface area contributed by atoms with Crippen LogP contribution in [0.5, 0.6) is 0 Å². The highest BCUT2D eigenvalue weighted by molar-refractivity contribution is 6.30. The number of fused-ring (bicyclic) bond motifs is 1. The van der Waals surface area contributed by atoms with Gasteiger partial charge in [-0.15, -0.1) is 0 Å². The SMILES string of the molecule is Cc1ccccc1Cn1c(C(=O)N(C)Cc2ccc(Cl)cc2)cc2occc21. The second kappa shape index (κ2) is 7.56.